The standard InChI is InChI=1S/C17H15BrFNO3/c1-10-2-7-13-15(20(10)17(21)22)9-8-14(18)16(13)23-12-5-3-11(19)4-6-12/h3-6,8-10H,2,7H2,1H3,(H,21,22). The van der Waals surface area contributed by atoms with Gasteiger partial charge in [-0.1, -0.05) is 0 Å². The molecular weight excluding hydrogens is 365 g/mol. The van der Waals surface area contributed by atoms with Crippen molar-refractivity contribution in [1.29, 1.82) is 0 Å². The summed E-state index contributed by atoms with van der Waals surface area (Å²) in [4.78, 5) is 12.9. The quantitative estimate of drug-likeness (QED) is 0.779. The SMILES string of the molecule is CC1CCc2c(ccc(Br)c2Oc2ccc(F)cc2)N1C(=O)O. The molecule has 1 aliphatic rings. The van der Waals surface area contributed by atoms with Crippen molar-refractivity contribution in [1.82, 2.24) is 0 Å². The van der Waals surface area contributed by atoms with Crippen molar-refractivity contribution < 1.29 is 19.0 Å². The van der Waals surface area contributed by atoms with Gasteiger partial charge in [0, 0.05) is 11.6 Å². The highest BCUT2D eigenvalue weighted by atomic mass is 79.9. The summed E-state index contributed by atoms with van der Waals surface area (Å²) in [7, 11) is 0. The van der Waals surface area contributed by atoms with Crippen molar-refractivity contribution in [3.05, 3.63) is 52.3 Å². The number of fused-ring (bicyclic) bond motifs is 1. The van der Waals surface area contributed by atoms with Gasteiger partial charge in [0.1, 0.15) is 17.3 Å². The predicted octanol–water partition coefficient (Wildman–Crippen LogP) is 5.20. The second kappa shape index (κ2) is 6.20. The van der Waals surface area contributed by atoms with Crippen LogP contribution in [0.3, 0.4) is 0 Å². The number of hydrogen-bond donors (Lipinski definition) is 1. The van der Waals surface area contributed by atoms with E-state index in [2.05, 4.69) is 15.9 Å². The summed E-state index contributed by atoms with van der Waals surface area (Å²) >= 11 is 3.45. The molecule has 120 valence electrons. The Labute approximate surface area is 141 Å². The average Bonchev–Trinajstić information content (AvgIpc) is 2.51. The molecule has 1 atom stereocenters. The second-order valence-electron chi connectivity index (χ2n) is 5.47. The fraction of sp³-hybridized carbons (Fsp3) is 0.235. The Kier molecular flexibility index (Phi) is 4.26. The van der Waals surface area contributed by atoms with Gasteiger partial charge in [0.15, 0.2) is 0 Å². The Morgan fingerprint density at radius 3 is 2.65 bits per heavy atom. The average molecular weight is 380 g/mol. The third-order valence-corrected chi connectivity index (χ3v) is 4.56. The Balaban J connectivity index is 2.04. The summed E-state index contributed by atoms with van der Waals surface area (Å²) in [5.74, 6) is 0.741. The van der Waals surface area contributed by atoms with Crippen LogP contribution in [0.1, 0.15) is 18.9 Å². The van der Waals surface area contributed by atoms with Crippen LogP contribution in [0.15, 0.2) is 40.9 Å². The largest absolute Gasteiger partial charge is 0.465 e. The Bertz CT molecular complexity index is 748. The number of amides is 1. The summed E-state index contributed by atoms with van der Waals surface area (Å²) in [5.41, 5.74) is 1.47. The molecule has 23 heavy (non-hydrogen) atoms. The Hall–Kier alpha value is -2.08. The summed E-state index contributed by atoms with van der Waals surface area (Å²) in [6.45, 7) is 1.89. The number of carboxylic acid groups (broad SMARTS) is 1. The zero-order valence-electron chi connectivity index (χ0n) is 12.4. The minimum Gasteiger partial charge on any atom is -0.465 e. The van der Waals surface area contributed by atoms with E-state index in [0.29, 0.717) is 17.2 Å². The summed E-state index contributed by atoms with van der Waals surface area (Å²) in [5, 5.41) is 9.47. The van der Waals surface area contributed by atoms with Crippen molar-refractivity contribution in [2.24, 2.45) is 0 Å². The third-order valence-electron chi connectivity index (χ3n) is 3.94. The normalized spacial score (nSPS) is 16.8. The number of rotatable bonds is 2. The van der Waals surface area contributed by atoms with Crippen LogP contribution in [0.25, 0.3) is 0 Å². The highest BCUT2D eigenvalue weighted by Crippen LogP contribution is 2.42. The van der Waals surface area contributed by atoms with E-state index >= 15 is 0 Å². The first-order valence-corrected chi connectivity index (χ1v) is 8.03. The smallest absolute Gasteiger partial charge is 0.412 e. The summed E-state index contributed by atoms with van der Waals surface area (Å²) in [6.07, 6.45) is 0.458. The van der Waals surface area contributed by atoms with Crippen molar-refractivity contribution in [2.75, 3.05) is 4.90 Å². The van der Waals surface area contributed by atoms with Crippen LogP contribution < -0.4 is 9.64 Å². The first-order valence-electron chi connectivity index (χ1n) is 7.24. The molecule has 3 rings (SSSR count). The molecule has 1 aliphatic heterocycles. The molecule has 0 radical (unpaired) electrons. The van der Waals surface area contributed by atoms with E-state index in [1.54, 1.807) is 24.3 Å². The van der Waals surface area contributed by atoms with Gasteiger partial charge in [-0.25, -0.2) is 9.18 Å². The molecular formula is C17H15BrFNO3. The van der Waals surface area contributed by atoms with Gasteiger partial charge in [0.05, 0.1) is 10.2 Å². The highest BCUT2D eigenvalue weighted by molar-refractivity contribution is 9.10. The fourth-order valence-electron chi connectivity index (χ4n) is 2.80. The molecule has 4 nitrogen and oxygen atoms in total. The van der Waals surface area contributed by atoms with E-state index in [4.69, 9.17) is 4.74 Å². The molecule has 0 saturated carbocycles. The van der Waals surface area contributed by atoms with E-state index in [9.17, 15) is 14.3 Å². The molecule has 1 N–H and O–H groups in total. The first-order chi connectivity index (χ1) is 11.0. The molecule has 1 heterocycles. The monoisotopic (exact) mass is 379 g/mol. The molecule has 0 fully saturated rings. The zero-order valence-corrected chi connectivity index (χ0v) is 14.0. The minimum absolute atomic E-state index is 0.0835. The maximum Gasteiger partial charge on any atom is 0.412 e. The third kappa shape index (κ3) is 3.03. The molecule has 2 aromatic rings. The lowest BCUT2D eigenvalue weighted by Crippen LogP contribution is -2.41. The van der Waals surface area contributed by atoms with Gasteiger partial charge in [-0.2, -0.15) is 0 Å². The van der Waals surface area contributed by atoms with Crippen molar-refractivity contribution in [3.63, 3.8) is 0 Å². The number of benzene rings is 2. The fourth-order valence-corrected chi connectivity index (χ4v) is 3.25. The zero-order chi connectivity index (χ0) is 16.6. The number of halogens is 2. The number of anilines is 1. The molecule has 1 amide bonds. The lowest BCUT2D eigenvalue weighted by Gasteiger charge is -2.34. The number of carbonyl (C=O) groups is 1. The topological polar surface area (TPSA) is 49.8 Å². The molecule has 0 aromatic heterocycles. The van der Waals surface area contributed by atoms with Crippen LogP contribution in [0.2, 0.25) is 0 Å². The van der Waals surface area contributed by atoms with Crippen LogP contribution in [0, 0.1) is 5.82 Å². The van der Waals surface area contributed by atoms with Crippen LogP contribution in [-0.4, -0.2) is 17.2 Å². The molecule has 0 saturated heterocycles. The van der Waals surface area contributed by atoms with Gasteiger partial charge in [-0.15, -0.1) is 0 Å². The van der Waals surface area contributed by atoms with E-state index < -0.39 is 6.09 Å². The van der Waals surface area contributed by atoms with Gasteiger partial charge >= 0.3 is 6.09 Å². The number of ether oxygens (including phenoxy) is 1. The van der Waals surface area contributed by atoms with Gasteiger partial charge in [-0.3, -0.25) is 4.90 Å². The summed E-state index contributed by atoms with van der Waals surface area (Å²) < 4.78 is 19.7. The van der Waals surface area contributed by atoms with Gasteiger partial charge < -0.3 is 9.84 Å². The van der Waals surface area contributed by atoms with Crippen molar-refractivity contribution >= 4 is 27.7 Å². The minimum atomic E-state index is -0.978. The second-order valence-corrected chi connectivity index (χ2v) is 6.32. The molecule has 0 aliphatic carbocycles. The lowest BCUT2D eigenvalue weighted by molar-refractivity contribution is 0.198. The molecule has 0 spiro atoms. The predicted molar refractivity (Wildman–Crippen MR) is 88.9 cm³/mol. The van der Waals surface area contributed by atoms with Crippen molar-refractivity contribution in [3.8, 4) is 11.5 Å². The Morgan fingerprint density at radius 2 is 2.00 bits per heavy atom. The first kappa shape index (κ1) is 15.8. The van der Waals surface area contributed by atoms with Crippen LogP contribution in [0.5, 0.6) is 11.5 Å². The Morgan fingerprint density at radius 1 is 1.30 bits per heavy atom. The van der Waals surface area contributed by atoms with E-state index in [1.807, 2.05) is 6.92 Å². The van der Waals surface area contributed by atoms with Crippen LogP contribution in [-0.2, 0) is 6.42 Å². The molecule has 1 unspecified atom stereocenters. The lowest BCUT2D eigenvalue weighted by atomic mass is 9.96. The van der Waals surface area contributed by atoms with E-state index in [0.717, 1.165) is 22.9 Å². The van der Waals surface area contributed by atoms with Gasteiger partial charge in [0.25, 0.3) is 0 Å². The van der Waals surface area contributed by atoms with Gasteiger partial charge in [0.2, 0.25) is 0 Å². The maximum atomic E-state index is 13.0. The molecule has 0 bridgehead atoms. The van der Waals surface area contributed by atoms with Gasteiger partial charge in [-0.05, 0) is 72.1 Å². The van der Waals surface area contributed by atoms with E-state index in [-0.39, 0.29) is 11.9 Å². The van der Waals surface area contributed by atoms with Crippen molar-refractivity contribution in [2.45, 2.75) is 25.8 Å². The van der Waals surface area contributed by atoms with Crippen LogP contribution >= 0.6 is 15.9 Å². The maximum absolute atomic E-state index is 13.0. The number of hydrogen-bond acceptors (Lipinski definition) is 2. The van der Waals surface area contributed by atoms with Crippen LogP contribution in [0.4, 0.5) is 14.9 Å². The summed E-state index contributed by atoms with van der Waals surface area (Å²) in [6, 6.07) is 9.20. The number of nitrogens with zero attached hydrogens (tertiary/aromatic N) is 1. The highest BCUT2D eigenvalue weighted by Gasteiger charge is 2.30. The molecule has 6 heteroatoms. The molecule has 2 aromatic carbocycles. The van der Waals surface area contributed by atoms with E-state index in [1.165, 1.54) is 17.0 Å².